The molecule has 132 valence electrons. The van der Waals surface area contributed by atoms with Crippen molar-refractivity contribution in [1.82, 2.24) is 0 Å². The zero-order valence-corrected chi connectivity index (χ0v) is 14.7. The molecule has 0 saturated carbocycles. The molecule has 4 heteroatoms. The van der Waals surface area contributed by atoms with Gasteiger partial charge in [0.25, 0.3) is 0 Å². The molecule has 0 aromatic heterocycles. The SMILES string of the molecule is NC(=NCCCOCCc1ccccc1)Nc1ccc2c(c1)CCC2. The molecular formula is C21H27N3O. The van der Waals surface area contributed by atoms with E-state index >= 15 is 0 Å². The highest BCUT2D eigenvalue weighted by Crippen LogP contribution is 2.24. The van der Waals surface area contributed by atoms with Crippen molar-refractivity contribution < 1.29 is 4.74 Å². The van der Waals surface area contributed by atoms with Crippen molar-refractivity contribution in [2.24, 2.45) is 10.7 Å². The van der Waals surface area contributed by atoms with Gasteiger partial charge in [-0.05, 0) is 60.9 Å². The van der Waals surface area contributed by atoms with Gasteiger partial charge in [0.15, 0.2) is 5.96 Å². The first-order valence-electron chi connectivity index (χ1n) is 9.12. The zero-order chi connectivity index (χ0) is 17.3. The standard InChI is InChI=1S/C21H27N3O/c22-21(24-20-11-10-18-8-4-9-19(18)16-20)23-13-5-14-25-15-12-17-6-2-1-3-7-17/h1-3,6-7,10-11,16H,4-5,8-9,12-15H2,(H3,22,23,24). The number of rotatable bonds is 8. The molecule has 0 radical (unpaired) electrons. The fourth-order valence-corrected chi connectivity index (χ4v) is 3.14. The van der Waals surface area contributed by atoms with Gasteiger partial charge in [-0.3, -0.25) is 4.99 Å². The van der Waals surface area contributed by atoms with Crippen molar-refractivity contribution in [3.63, 3.8) is 0 Å². The van der Waals surface area contributed by atoms with E-state index in [1.54, 1.807) is 0 Å². The number of nitrogens with zero attached hydrogens (tertiary/aromatic N) is 1. The molecule has 0 fully saturated rings. The predicted octanol–water partition coefficient (Wildman–Crippen LogP) is 3.55. The summed E-state index contributed by atoms with van der Waals surface area (Å²) < 4.78 is 5.66. The molecule has 1 aliphatic rings. The fourth-order valence-electron chi connectivity index (χ4n) is 3.14. The summed E-state index contributed by atoms with van der Waals surface area (Å²) in [5, 5.41) is 3.18. The minimum absolute atomic E-state index is 0.474. The molecule has 0 bridgehead atoms. The lowest BCUT2D eigenvalue weighted by Gasteiger charge is -2.08. The molecule has 0 spiro atoms. The van der Waals surface area contributed by atoms with E-state index in [-0.39, 0.29) is 0 Å². The second kappa shape index (κ2) is 9.23. The molecule has 0 heterocycles. The first-order chi connectivity index (χ1) is 12.3. The van der Waals surface area contributed by atoms with Crippen LogP contribution in [0.2, 0.25) is 0 Å². The van der Waals surface area contributed by atoms with Gasteiger partial charge in [-0.25, -0.2) is 0 Å². The Morgan fingerprint density at radius 1 is 1.04 bits per heavy atom. The molecule has 0 atom stereocenters. The first kappa shape index (κ1) is 17.5. The number of nitrogens with one attached hydrogen (secondary N) is 1. The fraction of sp³-hybridized carbons (Fsp3) is 0.381. The number of benzene rings is 2. The average Bonchev–Trinajstić information content (AvgIpc) is 3.09. The van der Waals surface area contributed by atoms with Gasteiger partial charge in [0.05, 0.1) is 6.61 Å². The average molecular weight is 337 g/mol. The maximum Gasteiger partial charge on any atom is 0.193 e. The quantitative estimate of drug-likeness (QED) is 0.440. The van der Waals surface area contributed by atoms with Crippen LogP contribution in [0.3, 0.4) is 0 Å². The highest BCUT2D eigenvalue weighted by molar-refractivity contribution is 5.92. The van der Waals surface area contributed by atoms with Crippen molar-refractivity contribution in [3.8, 4) is 0 Å². The number of guanidine groups is 1. The third-order valence-corrected chi connectivity index (χ3v) is 4.48. The van der Waals surface area contributed by atoms with Gasteiger partial charge in [-0.2, -0.15) is 0 Å². The number of aliphatic imine (C=N–C) groups is 1. The van der Waals surface area contributed by atoms with Gasteiger partial charge >= 0.3 is 0 Å². The summed E-state index contributed by atoms with van der Waals surface area (Å²) in [6.07, 6.45) is 5.45. The number of hydrogen-bond acceptors (Lipinski definition) is 2. The molecule has 25 heavy (non-hydrogen) atoms. The summed E-state index contributed by atoms with van der Waals surface area (Å²) in [6, 6.07) is 16.9. The maximum absolute atomic E-state index is 5.97. The molecule has 2 aromatic rings. The van der Waals surface area contributed by atoms with E-state index in [2.05, 4.69) is 52.8 Å². The van der Waals surface area contributed by atoms with Crippen LogP contribution in [0.1, 0.15) is 29.5 Å². The van der Waals surface area contributed by atoms with Gasteiger partial charge in [0.1, 0.15) is 0 Å². The van der Waals surface area contributed by atoms with E-state index in [4.69, 9.17) is 10.5 Å². The summed E-state index contributed by atoms with van der Waals surface area (Å²) in [5.41, 5.74) is 11.2. The van der Waals surface area contributed by atoms with Gasteiger partial charge < -0.3 is 15.8 Å². The van der Waals surface area contributed by atoms with Crippen molar-refractivity contribution in [2.75, 3.05) is 25.1 Å². The van der Waals surface area contributed by atoms with E-state index in [1.807, 2.05) is 6.07 Å². The van der Waals surface area contributed by atoms with E-state index in [0.717, 1.165) is 25.1 Å². The molecule has 0 saturated heterocycles. The monoisotopic (exact) mass is 337 g/mol. The number of aryl methyl sites for hydroxylation is 2. The number of anilines is 1. The highest BCUT2D eigenvalue weighted by Gasteiger charge is 2.10. The minimum atomic E-state index is 0.474. The molecule has 2 aromatic carbocycles. The van der Waals surface area contributed by atoms with Crippen LogP contribution in [0.25, 0.3) is 0 Å². The Kier molecular flexibility index (Phi) is 6.46. The van der Waals surface area contributed by atoms with Crippen molar-refractivity contribution in [3.05, 3.63) is 65.2 Å². The van der Waals surface area contributed by atoms with Crippen LogP contribution in [-0.2, 0) is 24.0 Å². The highest BCUT2D eigenvalue weighted by atomic mass is 16.5. The van der Waals surface area contributed by atoms with Crippen molar-refractivity contribution >= 4 is 11.6 Å². The molecule has 3 rings (SSSR count). The van der Waals surface area contributed by atoms with Gasteiger partial charge in [0, 0.05) is 18.8 Å². The van der Waals surface area contributed by atoms with E-state index in [0.29, 0.717) is 19.1 Å². The van der Waals surface area contributed by atoms with E-state index in [9.17, 15) is 0 Å². The summed E-state index contributed by atoms with van der Waals surface area (Å²) in [4.78, 5) is 4.37. The Hall–Kier alpha value is -2.33. The van der Waals surface area contributed by atoms with Gasteiger partial charge in [0.2, 0.25) is 0 Å². The summed E-state index contributed by atoms with van der Waals surface area (Å²) in [7, 11) is 0. The third-order valence-electron chi connectivity index (χ3n) is 4.48. The van der Waals surface area contributed by atoms with Crippen molar-refractivity contribution in [1.29, 1.82) is 0 Å². The maximum atomic E-state index is 5.97. The van der Waals surface area contributed by atoms with Crippen LogP contribution in [0.4, 0.5) is 5.69 Å². The molecule has 0 unspecified atom stereocenters. The topological polar surface area (TPSA) is 59.6 Å². The zero-order valence-electron chi connectivity index (χ0n) is 14.7. The second-order valence-electron chi connectivity index (χ2n) is 6.43. The van der Waals surface area contributed by atoms with Crippen LogP contribution >= 0.6 is 0 Å². The number of nitrogens with two attached hydrogens (primary N) is 1. The summed E-state index contributed by atoms with van der Waals surface area (Å²) in [6.45, 7) is 2.13. The first-order valence-corrected chi connectivity index (χ1v) is 9.12. The number of fused-ring (bicyclic) bond motifs is 1. The Morgan fingerprint density at radius 3 is 2.76 bits per heavy atom. The molecule has 0 aliphatic heterocycles. The number of hydrogen-bond donors (Lipinski definition) is 2. The van der Waals surface area contributed by atoms with Crippen LogP contribution in [0.15, 0.2) is 53.5 Å². The second-order valence-corrected chi connectivity index (χ2v) is 6.43. The lowest BCUT2D eigenvalue weighted by atomic mass is 10.1. The summed E-state index contributed by atoms with van der Waals surface area (Å²) >= 11 is 0. The smallest absolute Gasteiger partial charge is 0.193 e. The lowest BCUT2D eigenvalue weighted by Crippen LogP contribution is -2.23. The minimum Gasteiger partial charge on any atom is -0.381 e. The third kappa shape index (κ3) is 5.61. The lowest BCUT2D eigenvalue weighted by molar-refractivity contribution is 0.136. The number of ether oxygens (including phenoxy) is 1. The molecule has 3 N–H and O–H groups in total. The Morgan fingerprint density at radius 2 is 1.88 bits per heavy atom. The van der Waals surface area contributed by atoms with Crippen LogP contribution in [0.5, 0.6) is 0 Å². The van der Waals surface area contributed by atoms with Gasteiger partial charge in [-0.1, -0.05) is 36.4 Å². The Bertz CT molecular complexity index is 698. The normalized spacial score (nSPS) is 13.7. The van der Waals surface area contributed by atoms with E-state index in [1.165, 1.54) is 36.0 Å². The Balaban J connectivity index is 1.31. The molecule has 0 amide bonds. The molecule has 1 aliphatic carbocycles. The van der Waals surface area contributed by atoms with Crippen LogP contribution in [0, 0.1) is 0 Å². The Labute approximate surface area is 150 Å². The van der Waals surface area contributed by atoms with Crippen molar-refractivity contribution in [2.45, 2.75) is 32.1 Å². The van der Waals surface area contributed by atoms with Crippen LogP contribution in [-0.4, -0.2) is 25.7 Å². The van der Waals surface area contributed by atoms with E-state index < -0.39 is 0 Å². The molecular weight excluding hydrogens is 310 g/mol. The van der Waals surface area contributed by atoms with Gasteiger partial charge in [-0.15, -0.1) is 0 Å². The predicted molar refractivity (Wildman–Crippen MR) is 104 cm³/mol. The largest absolute Gasteiger partial charge is 0.381 e. The summed E-state index contributed by atoms with van der Waals surface area (Å²) in [5.74, 6) is 0.474. The molecule has 4 nitrogen and oxygen atoms in total. The van der Waals surface area contributed by atoms with Crippen LogP contribution < -0.4 is 11.1 Å².